The molecule has 0 aliphatic carbocycles. The number of hydrogen-bond acceptors (Lipinski definition) is 5. The van der Waals surface area contributed by atoms with Crippen molar-refractivity contribution < 1.29 is 4.74 Å². The van der Waals surface area contributed by atoms with Gasteiger partial charge in [0.2, 0.25) is 0 Å². The first-order valence-corrected chi connectivity index (χ1v) is 8.56. The SMILES string of the molecule is Cc1ccccc1OC1CCN(Cc2cc(=O)n3[nH]cnc3n2)CC1. The molecule has 1 N–H and O–H groups in total. The number of para-hydroxylation sites is 1. The Morgan fingerprint density at radius 3 is 2.88 bits per heavy atom. The normalized spacial score (nSPS) is 16.4. The summed E-state index contributed by atoms with van der Waals surface area (Å²) in [7, 11) is 0. The minimum atomic E-state index is -0.129. The fourth-order valence-electron chi connectivity index (χ4n) is 3.23. The number of hydrogen-bond donors (Lipinski definition) is 1. The van der Waals surface area contributed by atoms with Gasteiger partial charge in [0.1, 0.15) is 18.2 Å². The molecule has 0 amide bonds. The summed E-state index contributed by atoms with van der Waals surface area (Å²) in [5.74, 6) is 1.39. The van der Waals surface area contributed by atoms with Crippen molar-refractivity contribution in [1.82, 2.24) is 24.5 Å². The van der Waals surface area contributed by atoms with E-state index in [2.05, 4.69) is 33.0 Å². The van der Waals surface area contributed by atoms with E-state index in [0.717, 1.165) is 37.4 Å². The second-order valence-electron chi connectivity index (χ2n) is 6.47. The van der Waals surface area contributed by atoms with Crippen molar-refractivity contribution in [3.8, 4) is 5.75 Å². The Kier molecular flexibility index (Phi) is 4.23. The Hall–Kier alpha value is -2.67. The predicted octanol–water partition coefficient (Wildman–Crippen LogP) is 1.77. The molecule has 0 radical (unpaired) electrons. The van der Waals surface area contributed by atoms with Gasteiger partial charge in [-0.3, -0.25) is 14.8 Å². The van der Waals surface area contributed by atoms with Crippen LogP contribution in [0.25, 0.3) is 5.78 Å². The number of rotatable bonds is 4. The third kappa shape index (κ3) is 3.41. The number of likely N-dealkylation sites (tertiary alicyclic amines) is 1. The molecule has 130 valence electrons. The first-order valence-electron chi connectivity index (χ1n) is 8.56. The number of H-pyrrole nitrogens is 1. The van der Waals surface area contributed by atoms with Gasteiger partial charge in [-0.25, -0.2) is 9.97 Å². The van der Waals surface area contributed by atoms with Crippen LogP contribution < -0.4 is 10.3 Å². The quantitative estimate of drug-likeness (QED) is 0.784. The van der Waals surface area contributed by atoms with Gasteiger partial charge in [-0.05, 0) is 31.4 Å². The van der Waals surface area contributed by atoms with Crippen LogP contribution in [0.15, 0.2) is 41.5 Å². The average molecular weight is 339 g/mol. The highest BCUT2D eigenvalue weighted by Gasteiger charge is 2.21. The monoisotopic (exact) mass is 339 g/mol. The molecule has 1 fully saturated rings. The molecule has 2 aromatic heterocycles. The lowest BCUT2D eigenvalue weighted by Gasteiger charge is -2.32. The van der Waals surface area contributed by atoms with E-state index in [1.165, 1.54) is 16.4 Å². The summed E-state index contributed by atoms with van der Waals surface area (Å²) in [6, 6.07) is 9.70. The lowest BCUT2D eigenvalue weighted by molar-refractivity contribution is 0.0956. The van der Waals surface area contributed by atoms with Crippen LogP contribution in [0.3, 0.4) is 0 Å². The topological polar surface area (TPSA) is 75.5 Å². The second kappa shape index (κ2) is 6.68. The Balaban J connectivity index is 1.37. The molecule has 1 aromatic carbocycles. The number of nitrogens with one attached hydrogen (secondary N) is 1. The van der Waals surface area contributed by atoms with Gasteiger partial charge in [-0.2, -0.15) is 4.52 Å². The lowest BCUT2D eigenvalue weighted by Crippen LogP contribution is -2.38. The average Bonchev–Trinajstić information content (AvgIpc) is 3.08. The molecule has 1 aliphatic rings. The van der Waals surface area contributed by atoms with E-state index in [-0.39, 0.29) is 11.7 Å². The van der Waals surface area contributed by atoms with E-state index >= 15 is 0 Å². The van der Waals surface area contributed by atoms with Crippen molar-refractivity contribution in [3.05, 3.63) is 58.3 Å². The lowest BCUT2D eigenvalue weighted by atomic mass is 10.1. The summed E-state index contributed by atoms with van der Waals surface area (Å²) >= 11 is 0. The summed E-state index contributed by atoms with van der Waals surface area (Å²) < 4.78 is 7.48. The predicted molar refractivity (Wildman–Crippen MR) is 93.7 cm³/mol. The number of fused-ring (bicyclic) bond motifs is 1. The third-order valence-electron chi connectivity index (χ3n) is 4.63. The zero-order valence-corrected chi connectivity index (χ0v) is 14.2. The Labute approximate surface area is 145 Å². The molecule has 3 aromatic rings. The highest BCUT2D eigenvalue weighted by atomic mass is 16.5. The number of nitrogens with zero attached hydrogens (tertiary/aromatic N) is 4. The summed E-state index contributed by atoms with van der Waals surface area (Å²) in [6.07, 6.45) is 3.66. The Bertz CT molecular complexity index is 924. The molecule has 0 unspecified atom stereocenters. The van der Waals surface area contributed by atoms with E-state index in [1.54, 1.807) is 6.07 Å². The highest BCUT2D eigenvalue weighted by Crippen LogP contribution is 2.22. The smallest absolute Gasteiger partial charge is 0.274 e. The maximum Gasteiger partial charge on any atom is 0.274 e. The van der Waals surface area contributed by atoms with E-state index in [4.69, 9.17) is 4.74 Å². The summed E-state index contributed by atoms with van der Waals surface area (Å²) in [5.41, 5.74) is 1.80. The van der Waals surface area contributed by atoms with Crippen LogP contribution in [0.1, 0.15) is 24.1 Å². The van der Waals surface area contributed by atoms with Crippen molar-refractivity contribution in [2.45, 2.75) is 32.4 Å². The van der Waals surface area contributed by atoms with Crippen molar-refractivity contribution >= 4 is 5.78 Å². The molecule has 7 heteroatoms. The van der Waals surface area contributed by atoms with Gasteiger partial charge in [-0.15, -0.1) is 0 Å². The van der Waals surface area contributed by atoms with Crippen molar-refractivity contribution in [2.75, 3.05) is 13.1 Å². The minimum absolute atomic E-state index is 0.129. The summed E-state index contributed by atoms with van der Waals surface area (Å²) in [4.78, 5) is 22.8. The highest BCUT2D eigenvalue weighted by molar-refractivity contribution is 5.32. The fourth-order valence-corrected chi connectivity index (χ4v) is 3.23. The molecule has 1 aliphatic heterocycles. The van der Waals surface area contributed by atoms with Gasteiger partial charge >= 0.3 is 0 Å². The van der Waals surface area contributed by atoms with Crippen molar-refractivity contribution in [3.63, 3.8) is 0 Å². The van der Waals surface area contributed by atoms with Crippen LogP contribution >= 0.6 is 0 Å². The molecule has 7 nitrogen and oxygen atoms in total. The second-order valence-corrected chi connectivity index (χ2v) is 6.47. The van der Waals surface area contributed by atoms with Gasteiger partial charge in [0.05, 0.1) is 5.69 Å². The Morgan fingerprint density at radius 1 is 1.28 bits per heavy atom. The maximum absolute atomic E-state index is 12.0. The van der Waals surface area contributed by atoms with Crippen LogP contribution in [0.2, 0.25) is 0 Å². The maximum atomic E-state index is 12.0. The zero-order chi connectivity index (χ0) is 17.2. The first kappa shape index (κ1) is 15.8. The minimum Gasteiger partial charge on any atom is -0.490 e. The van der Waals surface area contributed by atoms with Crippen LogP contribution in [0, 0.1) is 6.92 Å². The number of benzene rings is 1. The van der Waals surface area contributed by atoms with Crippen LogP contribution in [0.4, 0.5) is 0 Å². The standard InChI is InChI=1S/C18H21N5O2/c1-13-4-2-3-5-16(13)25-15-6-8-22(9-7-15)11-14-10-17(24)23-18(21-14)19-12-20-23/h2-5,10,12,15H,6-9,11H2,1H3,(H,19,20,21). The molecule has 1 saturated heterocycles. The van der Waals surface area contributed by atoms with E-state index in [1.807, 2.05) is 18.2 Å². The van der Waals surface area contributed by atoms with Gasteiger partial charge in [-0.1, -0.05) is 18.2 Å². The fraction of sp³-hybridized carbons (Fsp3) is 0.389. The van der Waals surface area contributed by atoms with E-state index < -0.39 is 0 Å². The molecule has 4 rings (SSSR count). The van der Waals surface area contributed by atoms with Crippen molar-refractivity contribution in [1.29, 1.82) is 0 Å². The van der Waals surface area contributed by atoms with Crippen LogP contribution in [-0.4, -0.2) is 43.7 Å². The molecule has 0 atom stereocenters. The number of piperidine rings is 1. The van der Waals surface area contributed by atoms with Crippen LogP contribution in [0.5, 0.6) is 5.75 Å². The number of ether oxygens (including phenoxy) is 1. The largest absolute Gasteiger partial charge is 0.490 e. The number of aryl methyl sites for hydroxylation is 1. The van der Waals surface area contributed by atoms with Crippen LogP contribution in [-0.2, 0) is 6.54 Å². The molecule has 3 heterocycles. The van der Waals surface area contributed by atoms with E-state index in [0.29, 0.717) is 12.3 Å². The molecule has 25 heavy (non-hydrogen) atoms. The molecule has 0 bridgehead atoms. The van der Waals surface area contributed by atoms with Gasteiger partial charge < -0.3 is 4.74 Å². The summed E-state index contributed by atoms with van der Waals surface area (Å²) in [5, 5.41) is 2.75. The van der Waals surface area contributed by atoms with Gasteiger partial charge in [0.25, 0.3) is 11.3 Å². The van der Waals surface area contributed by atoms with Crippen molar-refractivity contribution in [2.24, 2.45) is 0 Å². The van der Waals surface area contributed by atoms with Gasteiger partial charge in [0, 0.05) is 25.7 Å². The first-order chi connectivity index (χ1) is 12.2. The molecular weight excluding hydrogens is 318 g/mol. The third-order valence-corrected chi connectivity index (χ3v) is 4.63. The van der Waals surface area contributed by atoms with Gasteiger partial charge in [0.15, 0.2) is 0 Å². The number of aromatic amines is 1. The summed E-state index contributed by atoms with van der Waals surface area (Å²) in [6.45, 7) is 4.59. The van der Waals surface area contributed by atoms with E-state index in [9.17, 15) is 4.79 Å². The molecule has 0 saturated carbocycles. The number of aromatic nitrogens is 4. The zero-order valence-electron chi connectivity index (χ0n) is 14.2. The molecular formula is C18H21N5O2. The molecule has 0 spiro atoms. The Morgan fingerprint density at radius 2 is 2.08 bits per heavy atom.